The minimum atomic E-state index is -0.601. The van der Waals surface area contributed by atoms with Gasteiger partial charge in [0.15, 0.2) is 0 Å². The number of H-pyrrole nitrogens is 1. The number of aromatic amines is 1. The maximum absolute atomic E-state index is 11.6. The van der Waals surface area contributed by atoms with E-state index in [0.29, 0.717) is 13.0 Å². The van der Waals surface area contributed by atoms with Crippen molar-refractivity contribution in [1.29, 1.82) is 0 Å². The van der Waals surface area contributed by atoms with E-state index in [1.54, 1.807) is 0 Å². The zero-order chi connectivity index (χ0) is 13.0. The normalized spacial score (nSPS) is 12.6. The number of benzene rings is 1. The van der Waals surface area contributed by atoms with Gasteiger partial charge in [0.25, 0.3) is 0 Å². The highest BCUT2D eigenvalue weighted by Gasteiger charge is 2.17. The molecule has 0 bridgehead atoms. The van der Waals surface area contributed by atoms with Gasteiger partial charge in [-0.05, 0) is 18.1 Å². The Morgan fingerprint density at radius 1 is 1.44 bits per heavy atom. The van der Waals surface area contributed by atoms with Gasteiger partial charge in [0.1, 0.15) is 6.04 Å². The number of nitrogens with two attached hydrogens (primary N) is 1. The third kappa shape index (κ3) is 2.71. The van der Waals surface area contributed by atoms with Crippen LogP contribution in [0.4, 0.5) is 0 Å². The number of fused-ring (bicyclic) bond motifs is 1. The second-order valence-corrected chi connectivity index (χ2v) is 4.34. The van der Waals surface area contributed by atoms with Crippen LogP contribution in [0, 0.1) is 0 Å². The molecule has 0 fully saturated rings. The Labute approximate surface area is 106 Å². The summed E-state index contributed by atoms with van der Waals surface area (Å²) in [6, 6.07) is 7.36. The number of carbonyl (C=O) groups excluding carboxylic acids is 1. The van der Waals surface area contributed by atoms with Crippen LogP contribution in [0.25, 0.3) is 10.9 Å². The first-order valence-corrected chi connectivity index (χ1v) is 6.19. The van der Waals surface area contributed by atoms with Crippen molar-refractivity contribution in [3.63, 3.8) is 0 Å². The van der Waals surface area contributed by atoms with Crippen molar-refractivity contribution >= 4 is 16.9 Å². The molecule has 1 unspecified atom stereocenters. The highest BCUT2D eigenvalue weighted by Crippen LogP contribution is 2.18. The monoisotopic (exact) mass is 246 g/mol. The molecule has 1 atom stereocenters. The second kappa shape index (κ2) is 5.69. The Morgan fingerprint density at radius 3 is 3.00 bits per heavy atom. The third-order valence-corrected chi connectivity index (χ3v) is 2.87. The first-order valence-electron chi connectivity index (χ1n) is 6.19. The number of carbonyl (C=O) groups is 1. The molecule has 3 N–H and O–H groups in total. The van der Waals surface area contributed by atoms with Crippen LogP contribution >= 0.6 is 0 Å². The molecule has 1 aromatic heterocycles. The fourth-order valence-corrected chi connectivity index (χ4v) is 1.93. The maximum atomic E-state index is 11.6. The molecule has 0 aliphatic rings. The number of para-hydroxylation sites is 1. The van der Waals surface area contributed by atoms with E-state index in [1.165, 1.54) is 0 Å². The lowest BCUT2D eigenvalue weighted by Gasteiger charge is -2.10. The summed E-state index contributed by atoms with van der Waals surface area (Å²) in [4.78, 5) is 14.8. The Bertz CT molecular complexity index is 533. The number of hydrogen-bond acceptors (Lipinski definition) is 3. The molecular formula is C14H18N2O2. The number of rotatable bonds is 5. The van der Waals surface area contributed by atoms with Gasteiger partial charge in [-0.15, -0.1) is 0 Å². The molecule has 4 nitrogen and oxygen atoms in total. The van der Waals surface area contributed by atoms with Gasteiger partial charge in [0.2, 0.25) is 0 Å². The van der Waals surface area contributed by atoms with E-state index in [1.807, 2.05) is 37.4 Å². The summed E-state index contributed by atoms with van der Waals surface area (Å²) in [6.45, 7) is 2.39. The number of esters is 1. The molecule has 0 saturated carbocycles. The minimum absolute atomic E-state index is 0.331. The topological polar surface area (TPSA) is 68.1 Å². The van der Waals surface area contributed by atoms with Gasteiger partial charge in [0, 0.05) is 23.5 Å². The van der Waals surface area contributed by atoms with Gasteiger partial charge >= 0.3 is 5.97 Å². The van der Waals surface area contributed by atoms with Crippen molar-refractivity contribution in [1.82, 2.24) is 4.98 Å². The average molecular weight is 246 g/mol. The molecule has 0 amide bonds. The van der Waals surface area contributed by atoms with Crippen LogP contribution in [-0.2, 0) is 16.0 Å². The first-order chi connectivity index (χ1) is 8.72. The lowest BCUT2D eigenvalue weighted by atomic mass is 10.1. The number of hydrogen-bond donors (Lipinski definition) is 2. The van der Waals surface area contributed by atoms with Crippen LogP contribution < -0.4 is 5.73 Å². The predicted octanol–water partition coefficient (Wildman–Crippen LogP) is 1.99. The summed E-state index contributed by atoms with van der Waals surface area (Å²) in [7, 11) is 0. The fraction of sp³-hybridized carbons (Fsp3) is 0.357. The van der Waals surface area contributed by atoms with Crippen LogP contribution in [0.1, 0.15) is 18.9 Å². The second-order valence-electron chi connectivity index (χ2n) is 4.34. The van der Waals surface area contributed by atoms with Gasteiger partial charge in [-0.25, -0.2) is 0 Å². The molecule has 0 spiro atoms. The van der Waals surface area contributed by atoms with E-state index in [-0.39, 0.29) is 5.97 Å². The van der Waals surface area contributed by atoms with E-state index in [2.05, 4.69) is 4.98 Å². The Hall–Kier alpha value is -1.81. The van der Waals surface area contributed by atoms with Gasteiger partial charge in [-0.2, -0.15) is 0 Å². The molecule has 0 aliphatic carbocycles. The molecular weight excluding hydrogens is 228 g/mol. The molecule has 18 heavy (non-hydrogen) atoms. The Morgan fingerprint density at radius 2 is 2.22 bits per heavy atom. The summed E-state index contributed by atoms with van der Waals surface area (Å²) in [5.41, 5.74) is 7.96. The predicted molar refractivity (Wildman–Crippen MR) is 71.2 cm³/mol. The molecule has 0 saturated heterocycles. The number of nitrogens with one attached hydrogen (secondary N) is 1. The highest BCUT2D eigenvalue weighted by molar-refractivity contribution is 5.84. The van der Waals surface area contributed by atoms with E-state index in [9.17, 15) is 4.79 Å². The number of ether oxygens (including phenoxy) is 1. The van der Waals surface area contributed by atoms with Crippen molar-refractivity contribution in [2.75, 3.05) is 6.61 Å². The van der Waals surface area contributed by atoms with Crippen LogP contribution in [-0.4, -0.2) is 23.6 Å². The first kappa shape index (κ1) is 12.6. The molecule has 2 aromatic rings. The van der Waals surface area contributed by atoms with Crippen molar-refractivity contribution < 1.29 is 9.53 Å². The zero-order valence-corrected chi connectivity index (χ0v) is 10.5. The highest BCUT2D eigenvalue weighted by atomic mass is 16.5. The summed E-state index contributed by atoms with van der Waals surface area (Å²) in [6.07, 6.45) is 3.20. The lowest BCUT2D eigenvalue weighted by Crippen LogP contribution is -2.34. The molecule has 0 radical (unpaired) electrons. The van der Waals surface area contributed by atoms with Crippen LogP contribution in [0.15, 0.2) is 30.5 Å². The summed E-state index contributed by atoms with van der Waals surface area (Å²) in [5.74, 6) is -0.331. The molecule has 0 aliphatic heterocycles. The molecule has 96 valence electrons. The fourth-order valence-electron chi connectivity index (χ4n) is 1.93. The third-order valence-electron chi connectivity index (χ3n) is 2.87. The van der Waals surface area contributed by atoms with Crippen molar-refractivity contribution in [3.8, 4) is 0 Å². The molecule has 2 rings (SSSR count). The Balaban J connectivity index is 2.07. The summed E-state index contributed by atoms with van der Waals surface area (Å²) < 4.78 is 5.04. The molecule has 1 heterocycles. The largest absolute Gasteiger partial charge is 0.465 e. The van der Waals surface area contributed by atoms with Crippen LogP contribution in [0.3, 0.4) is 0 Å². The van der Waals surface area contributed by atoms with E-state index < -0.39 is 6.04 Å². The van der Waals surface area contributed by atoms with Crippen molar-refractivity contribution in [2.45, 2.75) is 25.8 Å². The van der Waals surface area contributed by atoms with E-state index in [4.69, 9.17) is 10.5 Å². The smallest absolute Gasteiger partial charge is 0.323 e. The number of aromatic nitrogens is 1. The zero-order valence-electron chi connectivity index (χ0n) is 10.5. The van der Waals surface area contributed by atoms with Gasteiger partial charge in [-0.3, -0.25) is 4.79 Å². The van der Waals surface area contributed by atoms with Crippen LogP contribution in [0.2, 0.25) is 0 Å². The SMILES string of the molecule is CCCOC(=O)C(N)Cc1c[nH]c2ccccc12. The van der Waals surface area contributed by atoms with Gasteiger partial charge < -0.3 is 15.5 Å². The van der Waals surface area contributed by atoms with Gasteiger partial charge in [-0.1, -0.05) is 25.1 Å². The van der Waals surface area contributed by atoms with Crippen molar-refractivity contribution in [3.05, 3.63) is 36.0 Å². The Kier molecular flexibility index (Phi) is 3.99. The van der Waals surface area contributed by atoms with Crippen LogP contribution in [0.5, 0.6) is 0 Å². The van der Waals surface area contributed by atoms with Crippen molar-refractivity contribution in [2.24, 2.45) is 5.73 Å². The van der Waals surface area contributed by atoms with Gasteiger partial charge in [0.05, 0.1) is 6.61 Å². The summed E-state index contributed by atoms with van der Waals surface area (Å²) >= 11 is 0. The van der Waals surface area contributed by atoms with E-state index in [0.717, 1.165) is 22.9 Å². The average Bonchev–Trinajstić information content (AvgIpc) is 2.79. The van der Waals surface area contributed by atoms with E-state index >= 15 is 0 Å². The lowest BCUT2D eigenvalue weighted by molar-refractivity contribution is -0.145. The minimum Gasteiger partial charge on any atom is -0.465 e. The quantitative estimate of drug-likeness (QED) is 0.793. The maximum Gasteiger partial charge on any atom is 0.323 e. The standard InChI is InChI=1S/C14H18N2O2/c1-2-7-18-14(17)12(15)8-10-9-16-13-6-4-3-5-11(10)13/h3-6,9,12,16H,2,7-8,15H2,1H3. The summed E-state index contributed by atoms with van der Waals surface area (Å²) in [5, 5.41) is 1.11. The molecule has 1 aromatic carbocycles. The molecule has 4 heteroatoms.